The summed E-state index contributed by atoms with van der Waals surface area (Å²) in [4.78, 5) is 0. The van der Waals surface area contributed by atoms with Gasteiger partial charge in [-0.3, -0.25) is 0 Å². The number of aromatic nitrogens is 1. The summed E-state index contributed by atoms with van der Waals surface area (Å²) < 4.78 is 76.9. The fourth-order valence-electron chi connectivity index (χ4n) is 0.828. The van der Waals surface area contributed by atoms with Crippen LogP contribution < -0.4 is 0 Å². The lowest BCUT2D eigenvalue weighted by Gasteiger charge is -2.05. The van der Waals surface area contributed by atoms with Crippen molar-refractivity contribution in [1.82, 2.24) is 4.37 Å². The Labute approximate surface area is 116 Å². The van der Waals surface area contributed by atoms with E-state index >= 15 is 0 Å². The van der Waals surface area contributed by atoms with E-state index in [4.69, 9.17) is 5.26 Å². The van der Waals surface area contributed by atoms with Gasteiger partial charge in [0.05, 0.1) is 0 Å². The average Bonchev–Trinajstić information content (AvgIpc) is 2.70. The van der Waals surface area contributed by atoms with Gasteiger partial charge >= 0.3 is 0 Å². The Morgan fingerprint density at radius 2 is 1.53 bits per heavy atom. The van der Waals surface area contributed by atoms with E-state index in [0.29, 0.717) is 11.5 Å². The number of nitrogens with zero attached hydrogens (tertiary/aromatic N) is 2. The molecule has 0 N–H and O–H groups in total. The maximum Gasteiger partial charge on any atom is 0.279 e. The molecule has 0 radical (unpaired) electrons. The second-order valence-electron chi connectivity index (χ2n) is 2.87. The van der Waals surface area contributed by atoms with Crippen LogP contribution in [-0.4, -0.2) is 28.2 Å². The van der Waals surface area contributed by atoms with E-state index in [-0.39, 0.29) is 38.3 Å². The zero-order valence-corrected chi connectivity index (χ0v) is 11.1. The number of halogens is 6. The van der Waals surface area contributed by atoms with Crippen LogP contribution in [0.15, 0.2) is 9.24 Å². The van der Waals surface area contributed by atoms with E-state index in [9.17, 15) is 26.3 Å². The quantitative estimate of drug-likeness (QED) is 0.572. The Morgan fingerprint density at radius 1 is 1.00 bits per heavy atom. The Balaban J connectivity index is 2.87. The van der Waals surface area contributed by atoms with Crippen molar-refractivity contribution in [2.24, 2.45) is 0 Å². The summed E-state index contributed by atoms with van der Waals surface area (Å²) in [6.07, 6.45) is -6.53. The van der Waals surface area contributed by atoms with E-state index in [0.717, 1.165) is 0 Å². The summed E-state index contributed by atoms with van der Waals surface area (Å²) in [5.41, 5.74) is -5.53. The number of alkyl halides is 6. The minimum Gasteiger partial charge on any atom is -0.229 e. The molecule has 0 saturated carbocycles. The van der Waals surface area contributed by atoms with Crippen LogP contribution in [0, 0.1) is 11.3 Å². The molecule has 106 valence electrons. The molecule has 1 aromatic rings. The number of hydrogen-bond acceptors (Lipinski definition) is 5. The summed E-state index contributed by atoms with van der Waals surface area (Å²) in [6, 6.07) is 1.52. The highest BCUT2D eigenvalue weighted by molar-refractivity contribution is 8.02. The van der Waals surface area contributed by atoms with Crippen molar-refractivity contribution in [3.8, 4) is 6.07 Å². The van der Waals surface area contributed by atoms with Gasteiger partial charge in [0.1, 0.15) is 20.9 Å². The first-order valence-corrected chi connectivity index (χ1v) is 6.97. The summed E-state index contributed by atoms with van der Waals surface area (Å²) >= 11 is 0.534. The zero-order chi connectivity index (χ0) is 14.6. The average molecular weight is 338 g/mol. The van der Waals surface area contributed by atoms with Crippen LogP contribution in [-0.2, 0) is 0 Å². The van der Waals surface area contributed by atoms with Gasteiger partial charge in [-0.25, -0.2) is 26.3 Å². The highest BCUT2D eigenvalue weighted by Gasteiger charge is 2.28. The molecule has 0 bridgehead atoms. The molecule has 0 amide bonds. The monoisotopic (exact) mass is 338 g/mol. The molecule has 1 aromatic heterocycles. The normalized spacial score (nSPS) is 14.7. The molecule has 1 heterocycles. The second-order valence-corrected chi connectivity index (χ2v) is 6.07. The Bertz CT molecular complexity index is 426. The third kappa shape index (κ3) is 4.47. The predicted octanol–water partition coefficient (Wildman–Crippen LogP) is 4.32. The fourth-order valence-corrected chi connectivity index (χ4v) is 3.44. The Morgan fingerprint density at radius 3 is 2.00 bits per heavy atom. The molecule has 0 saturated heterocycles. The lowest BCUT2D eigenvalue weighted by atomic mass is 10.4. The maximum absolute atomic E-state index is 12.8. The molecule has 0 aliphatic heterocycles. The molecule has 0 spiro atoms. The number of hydrogen-bond donors (Lipinski definition) is 0. The van der Waals surface area contributed by atoms with Gasteiger partial charge in [0.25, 0.3) is 12.9 Å². The van der Waals surface area contributed by atoms with Crippen LogP contribution in [0.25, 0.3) is 0 Å². The van der Waals surface area contributed by atoms with Crippen molar-refractivity contribution >= 4 is 35.1 Å². The smallest absolute Gasteiger partial charge is 0.229 e. The van der Waals surface area contributed by atoms with Crippen LogP contribution in [0.4, 0.5) is 26.3 Å². The van der Waals surface area contributed by atoms with Gasteiger partial charge in [-0.15, -0.1) is 0 Å². The molecular formula is C8H4F6N2S3. The predicted molar refractivity (Wildman–Crippen MR) is 60.3 cm³/mol. The summed E-state index contributed by atoms with van der Waals surface area (Å²) in [7, 11) is 0. The van der Waals surface area contributed by atoms with Gasteiger partial charge < -0.3 is 0 Å². The molecule has 2 unspecified atom stereocenters. The minimum absolute atomic E-state index is 0.00396. The lowest BCUT2D eigenvalue weighted by molar-refractivity contribution is 0.0952. The third-order valence-corrected chi connectivity index (χ3v) is 4.65. The first-order chi connectivity index (χ1) is 8.86. The fraction of sp³-hybridized carbons (Fsp3) is 0.500. The van der Waals surface area contributed by atoms with Crippen molar-refractivity contribution in [2.75, 3.05) is 0 Å². The van der Waals surface area contributed by atoms with E-state index < -0.39 is 23.9 Å². The minimum atomic E-state index is -3.27. The lowest BCUT2D eigenvalue weighted by Crippen LogP contribution is -2.07. The summed E-state index contributed by atoms with van der Waals surface area (Å²) in [6.45, 7) is 0. The van der Waals surface area contributed by atoms with Crippen LogP contribution >= 0.6 is 35.1 Å². The van der Waals surface area contributed by atoms with Crippen molar-refractivity contribution in [2.45, 2.75) is 33.1 Å². The molecule has 0 aromatic carbocycles. The zero-order valence-electron chi connectivity index (χ0n) is 8.70. The SMILES string of the molecule is N#Cc1c(SC(F)C(F)F)nsc1SC(F)C(F)F. The molecule has 0 fully saturated rings. The Hall–Kier alpha value is -0.600. The van der Waals surface area contributed by atoms with Crippen LogP contribution in [0.2, 0.25) is 0 Å². The van der Waals surface area contributed by atoms with Crippen molar-refractivity contribution in [3.05, 3.63) is 5.56 Å². The summed E-state index contributed by atoms with van der Waals surface area (Å²) in [5, 5.41) is 8.40. The Kier molecular flexibility index (Phi) is 6.28. The van der Waals surface area contributed by atoms with Gasteiger partial charge in [-0.1, -0.05) is 23.5 Å². The van der Waals surface area contributed by atoms with E-state index in [1.807, 2.05) is 0 Å². The maximum atomic E-state index is 12.8. The third-order valence-electron chi connectivity index (χ3n) is 1.58. The van der Waals surface area contributed by atoms with Crippen LogP contribution in [0.1, 0.15) is 5.56 Å². The van der Waals surface area contributed by atoms with Crippen LogP contribution in [0.3, 0.4) is 0 Å². The number of thioether (sulfide) groups is 2. The second kappa shape index (κ2) is 7.25. The first-order valence-electron chi connectivity index (χ1n) is 4.44. The highest BCUT2D eigenvalue weighted by atomic mass is 32.2. The molecule has 2 atom stereocenters. The van der Waals surface area contributed by atoms with Crippen molar-refractivity contribution in [3.63, 3.8) is 0 Å². The van der Waals surface area contributed by atoms with Crippen LogP contribution in [0.5, 0.6) is 0 Å². The van der Waals surface area contributed by atoms with E-state index in [1.54, 1.807) is 0 Å². The molecule has 1 rings (SSSR count). The highest BCUT2D eigenvalue weighted by Crippen LogP contribution is 2.40. The van der Waals surface area contributed by atoms with Gasteiger partial charge in [0, 0.05) is 0 Å². The van der Waals surface area contributed by atoms with Crippen molar-refractivity contribution < 1.29 is 26.3 Å². The largest absolute Gasteiger partial charge is 0.279 e. The molecular weight excluding hydrogens is 334 g/mol. The van der Waals surface area contributed by atoms with E-state index in [2.05, 4.69) is 4.37 Å². The number of rotatable bonds is 6. The van der Waals surface area contributed by atoms with Gasteiger partial charge in [-0.05, 0) is 11.5 Å². The van der Waals surface area contributed by atoms with Gasteiger partial charge in [0.2, 0.25) is 11.0 Å². The first kappa shape index (κ1) is 16.5. The van der Waals surface area contributed by atoms with Crippen molar-refractivity contribution in [1.29, 1.82) is 5.26 Å². The standard InChI is InChI=1S/C8H4F6N2S3/c9-3(10)5(13)17-7-2(1-15)8(19-16-7)18-6(14)4(11)12/h3-6H. The molecule has 0 aliphatic rings. The van der Waals surface area contributed by atoms with E-state index in [1.165, 1.54) is 6.07 Å². The summed E-state index contributed by atoms with van der Waals surface area (Å²) in [5.74, 6) is 0. The van der Waals surface area contributed by atoms with Gasteiger partial charge in [-0.2, -0.15) is 9.64 Å². The molecule has 19 heavy (non-hydrogen) atoms. The molecule has 2 nitrogen and oxygen atoms in total. The topological polar surface area (TPSA) is 36.7 Å². The molecule has 0 aliphatic carbocycles. The van der Waals surface area contributed by atoms with Gasteiger partial charge in [0.15, 0.2) is 0 Å². The number of nitriles is 1. The molecule has 11 heteroatoms.